The van der Waals surface area contributed by atoms with E-state index in [1.54, 1.807) is 6.20 Å². The van der Waals surface area contributed by atoms with Crippen LogP contribution >= 0.6 is 0 Å². The first-order chi connectivity index (χ1) is 17.6. The maximum absolute atomic E-state index is 11.8. The summed E-state index contributed by atoms with van der Waals surface area (Å²) in [6, 6.07) is 13.1. The monoisotopic (exact) mass is 485 g/mol. The Morgan fingerprint density at radius 3 is 2.75 bits per heavy atom. The quantitative estimate of drug-likeness (QED) is 0.451. The average molecular weight is 486 g/mol. The first-order valence-electron chi connectivity index (χ1n) is 12.6. The van der Waals surface area contributed by atoms with Gasteiger partial charge in [0.05, 0.1) is 31.9 Å². The summed E-state index contributed by atoms with van der Waals surface area (Å²) in [5.74, 6) is 1.66. The molecule has 0 bridgehead atoms. The number of anilines is 2. The first-order valence-corrected chi connectivity index (χ1v) is 12.6. The number of carbonyl (C=O) groups is 1. The van der Waals surface area contributed by atoms with Crippen molar-refractivity contribution in [3.8, 4) is 0 Å². The number of hydrogen-bond donors (Lipinski definition) is 3. The number of ether oxygens (including phenoxy) is 1. The van der Waals surface area contributed by atoms with Crippen LogP contribution in [0.1, 0.15) is 36.4 Å². The number of rotatable bonds is 8. The number of allylic oxidation sites excluding steroid dienone is 1. The molecule has 9 nitrogen and oxygen atoms in total. The molecule has 1 aliphatic carbocycles. The van der Waals surface area contributed by atoms with Gasteiger partial charge in [-0.1, -0.05) is 36.9 Å². The third kappa shape index (κ3) is 4.98. The van der Waals surface area contributed by atoms with Gasteiger partial charge in [-0.05, 0) is 30.1 Å². The SMILES string of the molecule is C=C1NC(=O)CC1=Cc1cnn2c(NC3CC3)cc(NC(CN3CCOCC3)c3ccccc3)nc12. The fraction of sp³-hybridized carbons (Fsp3) is 0.370. The molecule has 0 spiro atoms. The van der Waals surface area contributed by atoms with Gasteiger partial charge in [0.15, 0.2) is 5.65 Å². The van der Waals surface area contributed by atoms with Gasteiger partial charge in [0.2, 0.25) is 5.91 Å². The van der Waals surface area contributed by atoms with E-state index in [4.69, 9.17) is 9.72 Å². The normalized spacial score (nSPS) is 20.6. The van der Waals surface area contributed by atoms with Crippen molar-refractivity contribution < 1.29 is 9.53 Å². The number of morpholine rings is 1. The highest BCUT2D eigenvalue weighted by Gasteiger charge is 2.25. The molecule has 6 rings (SSSR count). The number of nitrogens with zero attached hydrogens (tertiary/aromatic N) is 4. The number of amides is 1. The van der Waals surface area contributed by atoms with E-state index in [2.05, 4.69) is 56.8 Å². The number of nitrogens with one attached hydrogen (secondary N) is 3. The number of aromatic nitrogens is 3. The van der Waals surface area contributed by atoms with Crippen LogP contribution in [0.25, 0.3) is 11.7 Å². The molecule has 186 valence electrons. The fourth-order valence-corrected chi connectivity index (χ4v) is 4.73. The van der Waals surface area contributed by atoms with Crippen LogP contribution in [0.4, 0.5) is 11.6 Å². The van der Waals surface area contributed by atoms with Crippen molar-refractivity contribution in [1.82, 2.24) is 24.8 Å². The fourth-order valence-electron chi connectivity index (χ4n) is 4.73. The molecule has 3 aromatic rings. The van der Waals surface area contributed by atoms with Crippen LogP contribution in [0.15, 0.2) is 60.4 Å². The summed E-state index contributed by atoms with van der Waals surface area (Å²) in [5, 5.41) is 14.7. The second-order valence-corrected chi connectivity index (χ2v) is 9.67. The maximum atomic E-state index is 11.8. The third-order valence-corrected chi connectivity index (χ3v) is 6.86. The Labute approximate surface area is 210 Å². The lowest BCUT2D eigenvalue weighted by molar-refractivity contribution is -0.118. The third-order valence-electron chi connectivity index (χ3n) is 6.86. The maximum Gasteiger partial charge on any atom is 0.228 e. The highest BCUT2D eigenvalue weighted by atomic mass is 16.5. The standard InChI is InChI=1S/C27H31N7O2/c1-18-20(14-26(35)29-18)13-21-16-28-34-25(30-22-7-8-22)15-24(32-27(21)34)31-23(19-5-3-2-4-6-19)17-33-9-11-36-12-10-33/h2-6,13,15-16,22-23,30H,1,7-12,14,17H2,(H,29,35)(H,31,32). The summed E-state index contributed by atoms with van der Waals surface area (Å²) in [4.78, 5) is 19.3. The summed E-state index contributed by atoms with van der Waals surface area (Å²) in [7, 11) is 0. The van der Waals surface area contributed by atoms with Crippen LogP contribution in [-0.4, -0.2) is 64.3 Å². The van der Waals surface area contributed by atoms with E-state index >= 15 is 0 Å². The van der Waals surface area contributed by atoms with Gasteiger partial charge in [0.1, 0.15) is 11.6 Å². The molecule has 1 unspecified atom stereocenters. The van der Waals surface area contributed by atoms with Crippen LogP contribution in [0.2, 0.25) is 0 Å². The van der Waals surface area contributed by atoms with E-state index in [0.717, 1.165) is 74.1 Å². The molecular formula is C27H31N7O2. The summed E-state index contributed by atoms with van der Waals surface area (Å²) < 4.78 is 7.41. The van der Waals surface area contributed by atoms with Gasteiger partial charge in [-0.15, -0.1) is 0 Å². The molecule has 1 amide bonds. The Morgan fingerprint density at radius 2 is 2.03 bits per heavy atom. The van der Waals surface area contributed by atoms with E-state index in [0.29, 0.717) is 18.2 Å². The molecule has 3 aliphatic rings. The molecule has 4 heterocycles. The van der Waals surface area contributed by atoms with Crippen LogP contribution in [0.3, 0.4) is 0 Å². The van der Waals surface area contributed by atoms with E-state index in [-0.39, 0.29) is 11.9 Å². The molecule has 2 aliphatic heterocycles. The molecular weight excluding hydrogens is 454 g/mol. The Bertz CT molecular complexity index is 1310. The molecule has 0 radical (unpaired) electrons. The molecule has 1 aromatic carbocycles. The van der Waals surface area contributed by atoms with Gasteiger partial charge in [-0.3, -0.25) is 9.69 Å². The molecule has 2 saturated heterocycles. The van der Waals surface area contributed by atoms with Gasteiger partial charge in [-0.2, -0.15) is 9.61 Å². The second kappa shape index (κ2) is 9.75. The minimum atomic E-state index is -0.0389. The lowest BCUT2D eigenvalue weighted by Gasteiger charge is -2.31. The Balaban J connectivity index is 1.36. The second-order valence-electron chi connectivity index (χ2n) is 9.67. The lowest BCUT2D eigenvalue weighted by Crippen LogP contribution is -2.40. The first kappa shape index (κ1) is 22.8. The predicted octanol–water partition coefficient (Wildman–Crippen LogP) is 3.21. The van der Waals surface area contributed by atoms with Gasteiger partial charge in [-0.25, -0.2) is 4.98 Å². The van der Waals surface area contributed by atoms with Crippen LogP contribution in [0, 0.1) is 0 Å². The van der Waals surface area contributed by atoms with Gasteiger partial charge >= 0.3 is 0 Å². The van der Waals surface area contributed by atoms with Crippen LogP contribution in [0.5, 0.6) is 0 Å². The Hall–Kier alpha value is -3.69. The summed E-state index contributed by atoms with van der Waals surface area (Å²) in [5.41, 5.74) is 4.31. The molecule has 9 heteroatoms. The highest BCUT2D eigenvalue weighted by molar-refractivity contribution is 5.89. The molecule has 3 fully saturated rings. The van der Waals surface area contributed by atoms with E-state index in [9.17, 15) is 4.79 Å². The number of hydrogen-bond acceptors (Lipinski definition) is 7. The summed E-state index contributed by atoms with van der Waals surface area (Å²) >= 11 is 0. The Morgan fingerprint density at radius 1 is 1.22 bits per heavy atom. The topological polar surface area (TPSA) is 95.8 Å². The predicted molar refractivity (Wildman–Crippen MR) is 140 cm³/mol. The van der Waals surface area contributed by atoms with Crippen molar-refractivity contribution in [2.75, 3.05) is 43.5 Å². The molecule has 3 N–H and O–H groups in total. The number of fused-ring (bicyclic) bond motifs is 1. The van der Waals surface area contributed by atoms with Gasteiger partial charge in [0, 0.05) is 43.0 Å². The van der Waals surface area contributed by atoms with Gasteiger partial charge in [0.25, 0.3) is 0 Å². The Kier molecular flexibility index (Phi) is 6.16. The van der Waals surface area contributed by atoms with E-state index in [1.807, 2.05) is 22.7 Å². The number of carbonyl (C=O) groups excluding carboxylic acids is 1. The van der Waals surface area contributed by atoms with Crippen molar-refractivity contribution in [2.45, 2.75) is 31.3 Å². The van der Waals surface area contributed by atoms with Gasteiger partial charge < -0.3 is 20.7 Å². The van der Waals surface area contributed by atoms with Crippen molar-refractivity contribution in [2.24, 2.45) is 0 Å². The van der Waals surface area contributed by atoms with Crippen LogP contribution < -0.4 is 16.0 Å². The van der Waals surface area contributed by atoms with Crippen molar-refractivity contribution in [3.63, 3.8) is 0 Å². The number of benzene rings is 1. The summed E-state index contributed by atoms with van der Waals surface area (Å²) in [6.07, 6.45) is 6.39. The van der Waals surface area contributed by atoms with Crippen molar-refractivity contribution in [3.05, 3.63) is 71.6 Å². The molecule has 36 heavy (non-hydrogen) atoms. The zero-order valence-electron chi connectivity index (χ0n) is 20.2. The zero-order chi connectivity index (χ0) is 24.5. The summed E-state index contributed by atoms with van der Waals surface area (Å²) in [6.45, 7) is 8.19. The largest absolute Gasteiger partial charge is 0.379 e. The van der Waals surface area contributed by atoms with E-state index < -0.39 is 0 Å². The van der Waals surface area contributed by atoms with Crippen LogP contribution in [-0.2, 0) is 9.53 Å². The molecule has 2 aromatic heterocycles. The van der Waals surface area contributed by atoms with Crippen molar-refractivity contribution in [1.29, 1.82) is 0 Å². The van der Waals surface area contributed by atoms with Crippen molar-refractivity contribution >= 4 is 29.3 Å². The molecule has 1 atom stereocenters. The highest BCUT2D eigenvalue weighted by Crippen LogP contribution is 2.30. The lowest BCUT2D eigenvalue weighted by atomic mass is 10.1. The molecule has 1 saturated carbocycles. The zero-order valence-corrected chi connectivity index (χ0v) is 20.2. The minimum Gasteiger partial charge on any atom is -0.379 e. The van der Waals surface area contributed by atoms with E-state index in [1.165, 1.54) is 5.56 Å². The average Bonchev–Trinajstić information content (AvgIpc) is 3.53. The smallest absolute Gasteiger partial charge is 0.228 e. The minimum absolute atomic E-state index is 0.0389.